The van der Waals surface area contributed by atoms with Gasteiger partial charge in [0, 0.05) is 6.07 Å². The molecule has 0 aliphatic heterocycles. The maximum atomic E-state index is 10.9. The smallest absolute Gasteiger partial charge is 0.325 e. The van der Waals surface area contributed by atoms with Gasteiger partial charge in [0.2, 0.25) is 11.5 Å². The molecule has 9 nitrogen and oxygen atoms in total. The molecule has 0 N–H and O–H groups in total. The number of carbonyl (C=O) groups is 1. The van der Waals surface area contributed by atoms with Gasteiger partial charge in [0.25, 0.3) is 0 Å². The Hall–Kier alpha value is -2.71. The van der Waals surface area contributed by atoms with E-state index in [1.807, 2.05) is 0 Å². The highest BCUT2D eigenvalue weighted by atomic mass is 16.6. The third-order valence-corrected chi connectivity index (χ3v) is 2.13. The maximum Gasteiger partial charge on any atom is 0.325 e. The number of methoxy groups -OCH3 is 2. The van der Waals surface area contributed by atoms with E-state index < -0.39 is 38.3 Å². The topological polar surface area (TPSA) is 122 Å². The van der Waals surface area contributed by atoms with Crippen molar-refractivity contribution in [1.82, 2.24) is 0 Å². The summed E-state index contributed by atoms with van der Waals surface area (Å²) < 4.78 is 9.46. The van der Waals surface area contributed by atoms with Crippen molar-refractivity contribution >= 4 is 17.7 Å². The zero-order valence-electron chi connectivity index (χ0n) is 9.41. The van der Waals surface area contributed by atoms with Crippen LogP contribution in [0.5, 0.6) is 11.5 Å². The molecular formula is C9H8N2O7. The fraction of sp³-hybridized carbons (Fsp3) is 0.222. The van der Waals surface area contributed by atoms with Gasteiger partial charge in [0.1, 0.15) is 5.56 Å². The molecule has 1 rings (SSSR count). The van der Waals surface area contributed by atoms with E-state index in [-0.39, 0.29) is 6.29 Å². The number of carbonyl (C=O) groups excluding carboxylic acids is 1. The number of hydrogen-bond donors (Lipinski definition) is 0. The molecule has 0 aliphatic rings. The molecular weight excluding hydrogens is 248 g/mol. The van der Waals surface area contributed by atoms with Crippen LogP contribution < -0.4 is 9.47 Å². The lowest BCUT2D eigenvalue weighted by molar-refractivity contribution is -0.390. The van der Waals surface area contributed by atoms with Crippen LogP contribution in [0.3, 0.4) is 0 Å². The molecule has 0 aromatic heterocycles. The molecule has 0 saturated heterocycles. The number of hydrogen-bond acceptors (Lipinski definition) is 7. The van der Waals surface area contributed by atoms with Gasteiger partial charge in [-0.1, -0.05) is 0 Å². The van der Waals surface area contributed by atoms with Gasteiger partial charge in [0.15, 0.2) is 6.29 Å². The molecule has 1 aromatic carbocycles. The van der Waals surface area contributed by atoms with Crippen LogP contribution in [0.25, 0.3) is 0 Å². The Balaban J connectivity index is 3.79. The van der Waals surface area contributed by atoms with Gasteiger partial charge in [-0.2, -0.15) is 0 Å². The second-order valence-corrected chi connectivity index (χ2v) is 3.03. The Morgan fingerprint density at radius 1 is 1.11 bits per heavy atom. The van der Waals surface area contributed by atoms with Crippen molar-refractivity contribution in [3.8, 4) is 11.5 Å². The average Bonchev–Trinajstić information content (AvgIpc) is 2.35. The molecule has 18 heavy (non-hydrogen) atoms. The highest BCUT2D eigenvalue weighted by Gasteiger charge is 2.32. The standard InChI is InChI=1S/C9H8N2O7/c1-17-8-6(10(13)14)3-5(4-12)7(11(15)16)9(8)18-2/h3-4H,1-2H3. The zero-order valence-corrected chi connectivity index (χ0v) is 9.41. The number of benzene rings is 1. The first-order valence-corrected chi connectivity index (χ1v) is 4.50. The van der Waals surface area contributed by atoms with E-state index in [1.54, 1.807) is 0 Å². The summed E-state index contributed by atoms with van der Waals surface area (Å²) in [5, 5.41) is 21.6. The molecule has 0 bridgehead atoms. The summed E-state index contributed by atoms with van der Waals surface area (Å²) in [5.74, 6) is -0.862. The van der Waals surface area contributed by atoms with Crippen LogP contribution in [-0.2, 0) is 0 Å². The number of nitrogens with zero attached hydrogens (tertiary/aromatic N) is 2. The lowest BCUT2D eigenvalue weighted by Gasteiger charge is -2.09. The van der Waals surface area contributed by atoms with E-state index in [9.17, 15) is 25.0 Å². The van der Waals surface area contributed by atoms with E-state index in [1.165, 1.54) is 0 Å². The molecule has 9 heteroatoms. The summed E-state index contributed by atoms with van der Waals surface area (Å²) in [7, 11) is 2.19. The predicted molar refractivity (Wildman–Crippen MR) is 58.2 cm³/mol. The minimum absolute atomic E-state index is 0.146. The van der Waals surface area contributed by atoms with Crippen molar-refractivity contribution in [3.63, 3.8) is 0 Å². The second kappa shape index (κ2) is 5.08. The van der Waals surface area contributed by atoms with Gasteiger partial charge < -0.3 is 9.47 Å². The van der Waals surface area contributed by atoms with Crippen molar-refractivity contribution in [1.29, 1.82) is 0 Å². The van der Waals surface area contributed by atoms with E-state index in [0.29, 0.717) is 0 Å². The highest BCUT2D eigenvalue weighted by molar-refractivity contribution is 5.87. The SMILES string of the molecule is COc1c([N+](=O)[O-])cc(C=O)c([N+](=O)[O-])c1OC. The number of nitro benzene ring substituents is 2. The lowest BCUT2D eigenvalue weighted by atomic mass is 10.1. The Morgan fingerprint density at radius 2 is 1.67 bits per heavy atom. The van der Waals surface area contributed by atoms with Gasteiger partial charge in [-0.15, -0.1) is 0 Å². The third kappa shape index (κ3) is 2.05. The summed E-state index contributed by atoms with van der Waals surface area (Å²) in [6.45, 7) is 0. The van der Waals surface area contributed by atoms with Gasteiger partial charge in [-0.25, -0.2) is 0 Å². The lowest BCUT2D eigenvalue weighted by Crippen LogP contribution is -2.04. The molecule has 0 fully saturated rings. The van der Waals surface area contributed by atoms with Crippen molar-refractivity contribution in [2.75, 3.05) is 14.2 Å². The summed E-state index contributed by atoms with van der Waals surface area (Å²) in [6.07, 6.45) is 0.146. The molecule has 1 aromatic rings. The predicted octanol–water partition coefficient (Wildman–Crippen LogP) is 1.33. The van der Waals surface area contributed by atoms with Crippen LogP contribution in [0.1, 0.15) is 10.4 Å². The average molecular weight is 256 g/mol. The Labute approximate surface area is 100 Å². The van der Waals surface area contributed by atoms with Crippen LogP contribution in [-0.4, -0.2) is 30.4 Å². The van der Waals surface area contributed by atoms with Gasteiger partial charge in [-0.3, -0.25) is 25.0 Å². The van der Waals surface area contributed by atoms with Gasteiger partial charge in [0.05, 0.1) is 24.1 Å². The molecule has 0 atom stereocenters. The molecule has 0 aliphatic carbocycles. The minimum atomic E-state index is -0.866. The van der Waals surface area contributed by atoms with Crippen molar-refractivity contribution in [2.45, 2.75) is 0 Å². The van der Waals surface area contributed by atoms with Crippen LogP contribution in [0, 0.1) is 20.2 Å². The van der Waals surface area contributed by atoms with Crippen molar-refractivity contribution in [3.05, 3.63) is 31.9 Å². The zero-order chi connectivity index (χ0) is 13.9. The summed E-state index contributed by atoms with van der Waals surface area (Å²) >= 11 is 0. The molecule has 0 unspecified atom stereocenters. The van der Waals surface area contributed by atoms with Gasteiger partial charge >= 0.3 is 11.4 Å². The van der Waals surface area contributed by atoms with E-state index in [2.05, 4.69) is 0 Å². The fourth-order valence-corrected chi connectivity index (χ4v) is 1.44. The number of aldehydes is 1. The van der Waals surface area contributed by atoms with Crippen molar-refractivity contribution in [2.24, 2.45) is 0 Å². The quantitative estimate of drug-likeness (QED) is 0.442. The molecule has 0 saturated carbocycles. The monoisotopic (exact) mass is 256 g/mol. The summed E-state index contributed by atoms with van der Waals surface area (Å²) in [4.78, 5) is 30.7. The Morgan fingerprint density at radius 3 is 2.00 bits per heavy atom. The maximum absolute atomic E-state index is 10.9. The molecule has 0 spiro atoms. The van der Waals surface area contributed by atoms with E-state index in [4.69, 9.17) is 9.47 Å². The van der Waals surface area contributed by atoms with Crippen LogP contribution in [0.15, 0.2) is 6.07 Å². The molecule has 0 heterocycles. The van der Waals surface area contributed by atoms with Crippen LogP contribution in [0.4, 0.5) is 11.4 Å². The first-order valence-electron chi connectivity index (χ1n) is 4.50. The highest BCUT2D eigenvalue weighted by Crippen LogP contribution is 2.45. The largest absolute Gasteiger partial charge is 0.487 e. The Kier molecular flexibility index (Phi) is 3.77. The molecule has 0 radical (unpaired) electrons. The van der Waals surface area contributed by atoms with Crippen LogP contribution in [0.2, 0.25) is 0 Å². The Bertz CT molecular complexity index is 526. The van der Waals surface area contributed by atoms with E-state index in [0.717, 1.165) is 20.3 Å². The first kappa shape index (κ1) is 13.4. The van der Waals surface area contributed by atoms with Crippen LogP contribution >= 0.6 is 0 Å². The normalized spacial score (nSPS) is 9.67. The second-order valence-electron chi connectivity index (χ2n) is 3.03. The van der Waals surface area contributed by atoms with Crippen molar-refractivity contribution < 1.29 is 24.1 Å². The van der Waals surface area contributed by atoms with E-state index >= 15 is 0 Å². The summed E-state index contributed by atoms with van der Waals surface area (Å²) in [5.41, 5.74) is -1.71. The number of ether oxygens (including phenoxy) is 2. The third-order valence-electron chi connectivity index (χ3n) is 2.13. The summed E-state index contributed by atoms with van der Waals surface area (Å²) in [6, 6.07) is 0.770. The molecule has 96 valence electrons. The fourth-order valence-electron chi connectivity index (χ4n) is 1.44. The number of nitro groups is 2. The molecule has 0 amide bonds. The minimum Gasteiger partial charge on any atom is -0.487 e. The van der Waals surface area contributed by atoms with Gasteiger partial charge in [-0.05, 0) is 0 Å². The number of rotatable bonds is 5. The first-order chi connectivity index (χ1) is 8.47.